The summed E-state index contributed by atoms with van der Waals surface area (Å²) in [4.78, 5) is 7.82. The molecule has 0 radical (unpaired) electrons. The van der Waals surface area contributed by atoms with E-state index in [1.54, 1.807) is 11.3 Å². The van der Waals surface area contributed by atoms with Crippen LogP contribution in [0.1, 0.15) is 77.2 Å². The third-order valence-electron chi connectivity index (χ3n) is 12.3. The topological polar surface area (TPSA) is 53.6 Å². The zero-order chi connectivity index (χ0) is 38.3. The molecule has 0 saturated carbocycles. The van der Waals surface area contributed by atoms with Crippen LogP contribution in [-0.2, 0) is 0 Å². The van der Waals surface area contributed by atoms with E-state index in [1.807, 2.05) is 0 Å². The van der Waals surface area contributed by atoms with Gasteiger partial charge in [0.2, 0.25) is 0 Å². The van der Waals surface area contributed by atoms with Crippen LogP contribution < -0.4 is 11.1 Å². The van der Waals surface area contributed by atoms with E-state index < -0.39 is 0 Å². The maximum absolute atomic E-state index is 6.73. The quantitative estimate of drug-likeness (QED) is 0.239. The van der Waals surface area contributed by atoms with Crippen molar-refractivity contribution in [3.63, 3.8) is 0 Å². The van der Waals surface area contributed by atoms with Crippen molar-refractivity contribution in [2.75, 3.05) is 18.4 Å². The predicted molar refractivity (Wildman–Crippen MR) is 239 cm³/mol. The van der Waals surface area contributed by atoms with Gasteiger partial charge in [-0.2, -0.15) is 0 Å². The van der Waals surface area contributed by atoms with E-state index in [0.717, 1.165) is 67.1 Å². The molecule has 0 amide bonds. The van der Waals surface area contributed by atoms with Crippen LogP contribution in [-0.4, -0.2) is 29.7 Å². The minimum absolute atomic E-state index is 0.302. The van der Waals surface area contributed by atoms with Crippen molar-refractivity contribution in [2.45, 2.75) is 77.7 Å². The van der Waals surface area contributed by atoms with Crippen LogP contribution in [0.4, 0.5) is 5.69 Å². The van der Waals surface area contributed by atoms with E-state index in [1.165, 1.54) is 59.9 Å². The summed E-state index contributed by atoms with van der Waals surface area (Å²) in [6.45, 7) is 6.29. The number of nitrogens with two attached hydrogens (primary N) is 1. The van der Waals surface area contributed by atoms with Gasteiger partial charge in [0.05, 0.1) is 11.8 Å². The Morgan fingerprint density at radius 2 is 1.82 bits per heavy atom. The summed E-state index contributed by atoms with van der Waals surface area (Å²) >= 11 is 0. The fourth-order valence-corrected chi connectivity index (χ4v) is 9.21. The second-order valence-electron chi connectivity index (χ2n) is 16.1. The van der Waals surface area contributed by atoms with Gasteiger partial charge in [-0.25, -0.2) is 0 Å². The third-order valence-corrected chi connectivity index (χ3v) is 12.3. The van der Waals surface area contributed by atoms with Crippen LogP contribution in [0.5, 0.6) is 0 Å². The van der Waals surface area contributed by atoms with E-state index in [4.69, 9.17) is 10.7 Å². The summed E-state index contributed by atoms with van der Waals surface area (Å²) in [6, 6.07) is 18.3. The summed E-state index contributed by atoms with van der Waals surface area (Å²) in [6.07, 6.45) is 44.4. The molecular formula is C52H58N4. The standard InChI is InChI=1S/C52H58N4/c1-3-17-39(34-43-36-56(45-22-8-5-9-23-45)51-29-15-12-25-47(43)51)40-20-16-21-41(33-40)46-24-10-14-28-50(46)55-44-31-30-42(37(2)32-44)35-54-49-27-13-11-26-48(49)52(53)38-18-6-4-7-19-38/h5-6,8-11,13-14,16-18,20-22,24,26-28,30-34,37-38,42,45,55H,3-4,7,12,15,19,23,25,29,35-36,53H2,1-2H3/b39-17+,43-34+,52-48-,54-49-/t37?,38?,42-,45?/m0/s1. The van der Waals surface area contributed by atoms with E-state index in [0.29, 0.717) is 23.8 Å². The Balaban J connectivity index is 0.985. The minimum atomic E-state index is 0.302. The largest absolute Gasteiger partial charge is 0.401 e. The maximum atomic E-state index is 6.73. The van der Waals surface area contributed by atoms with Gasteiger partial charge in [0.1, 0.15) is 0 Å². The van der Waals surface area contributed by atoms with Gasteiger partial charge in [0.25, 0.3) is 0 Å². The maximum Gasteiger partial charge on any atom is 0.0664 e. The van der Waals surface area contributed by atoms with Gasteiger partial charge in [-0.3, -0.25) is 4.99 Å². The molecule has 2 aromatic rings. The number of hydrogen-bond acceptors (Lipinski definition) is 4. The van der Waals surface area contributed by atoms with Crippen molar-refractivity contribution >= 4 is 17.0 Å². The number of rotatable bonds is 10. The summed E-state index contributed by atoms with van der Waals surface area (Å²) in [5, 5.41) is 3.80. The first-order valence-corrected chi connectivity index (χ1v) is 21.2. The molecule has 56 heavy (non-hydrogen) atoms. The Bertz CT molecular complexity index is 2170. The van der Waals surface area contributed by atoms with Crippen LogP contribution in [0.25, 0.3) is 16.7 Å². The molecule has 0 bridgehead atoms. The summed E-state index contributed by atoms with van der Waals surface area (Å²) in [5.74, 6) is 0.955. The fraction of sp³-hybridized carbons (Fsp3) is 0.327. The van der Waals surface area contributed by atoms with E-state index in [-0.39, 0.29) is 0 Å². The molecule has 0 saturated heterocycles. The lowest BCUT2D eigenvalue weighted by Crippen LogP contribution is -2.32. The zero-order valence-corrected chi connectivity index (χ0v) is 33.3. The lowest BCUT2D eigenvalue weighted by atomic mass is 9.87. The van der Waals surface area contributed by atoms with Gasteiger partial charge in [-0.15, -0.1) is 0 Å². The molecule has 2 aromatic carbocycles. The van der Waals surface area contributed by atoms with Gasteiger partial charge in [0.15, 0.2) is 0 Å². The number of nitrogens with zero attached hydrogens (tertiary/aromatic N) is 2. The summed E-state index contributed by atoms with van der Waals surface area (Å²) in [7, 11) is 0. The normalized spacial score (nSPS) is 27.0. The Hall–Kier alpha value is -5.35. The molecule has 286 valence electrons. The molecule has 3 N–H and O–H groups in total. The monoisotopic (exact) mass is 738 g/mol. The Morgan fingerprint density at radius 1 is 0.929 bits per heavy atom. The Kier molecular flexibility index (Phi) is 11.8. The van der Waals surface area contributed by atoms with E-state index in [2.05, 4.69) is 164 Å². The highest BCUT2D eigenvalue weighted by Crippen LogP contribution is 2.42. The van der Waals surface area contributed by atoms with E-state index >= 15 is 0 Å². The predicted octanol–water partition coefficient (Wildman–Crippen LogP) is 12.4. The molecule has 8 rings (SSSR count). The molecule has 1 aliphatic heterocycles. The van der Waals surface area contributed by atoms with Crippen LogP contribution in [0.3, 0.4) is 0 Å². The van der Waals surface area contributed by atoms with Gasteiger partial charge in [0, 0.05) is 58.8 Å². The highest BCUT2D eigenvalue weighted by atomic mass is 15.2. The molecule has 1 heterocycles. The van der Waals surface area contributed by atoms with Crippen molar-refractivity contribution < 1.29 is 0 Å². The number of hydrogen-bond donors (Lipinski definition) is 2. The highest BCUT2D eigenvalue weighted by molar-refractivity contribution is 6.12. The molecule has 0 fully saturated rings. The smallest absolute Gasteiger partial charge is 0.0664 e. The third kappa shape index (κ3) is 8.40. The Labute approximate surface area is 335 Å². The van der Waals surface area contributed by atoms with Crippen molar-refractivity contribution in [3.05, 3.63) is 179 Å². The molecule has 0 aromatic heterocycles. The lowest BCUT2D eigenvalue weighted by molar-refractivity contribution is 0.314. The average Bonchev–Trinajstić information content (AvgIpc) is 3.62. The number of para-hydroxylation sites is 1. The molecule has 0 spiro atoms. The molecule has 4 nitrogen and oxygen atoms in total. The summed E-state index contributed by atoms with van der Waals surface area (Å²) < 4.78 is 0. The average molecular weight is 739 g/mol. The van der Waals surface area contributed by atoms with Crippen molar-refractivity contribution in [1.82, 2.24) is 4.90 Å². The van der Waals surface area contributed by atoms with Gasteiger partial charge in [-0.1, -0.05) is 123 Å². The first-order chi connectivity index (χ1) is 27.6. The number of allylic oxidation sites excluding steroid dienone is 15. The van der Waals surface area contributed by atoms with Gasteiger partial charge in [-0.05, 0) is 122 Å². The molecule has 3 unspecified atom stereocenters. The van der Waals surface area contributed by atoms with Crippen molar-refractivity contribution in [3.8, 4) is 11.1 Å². The minimum Gasteiger partial charge on any atom is -0.401 e. The summed E-state index contributed by atoms with van der Waals surface area (Å²) in [5.41, 5.74) is 21.7. The van der Waals surface area contributed by atoms with E-state index in [9.17, 15) is 0 Å². The van der Waals surface area contributed by atoms with Crippen molar-refractivity contribution in [1.29, 1.82) is 0 Å². The molecular weight excluding hydrogens is 681 g/mol. The number of nitrogens with one attached hydrogen (secondary N) is 1. The molecule has 6 aliphatic rings. The molecule has 4 atom stereocenters. The van der Waals surface area contributed by atoms with Crippen LogP contribution >= 0.6 is 0 Å². The van der Waals surface area contributed by atoms with Crippen LogP contribution in [0, 0.1) is 17.8 Å². The van der Waals surface area contributed by atoms with Crippen LogP contribution in [0.2, 0.25) is 0 Å². The van der Waals surface area contributed by atoms with Gasteiger partial charge >= 0.3 is 0 Å². The second-order valence-corrected chi connectivity index (χ2v) is 16.1. The number of aliphatic imine (C=N–C) groups is 1. The number of anilines is 1. The SMILES string of the molecule is CC/C=C(\C=C1/CN(C2C=CC=CC2)C2=C1CCCC2)c1cccc(-c2ccccc2NC2=CC(C)[C@H](C/N=C3/C=CC=C/C3=C(/N)C3C=CCCC3)C=C2)c1. The molecule has 5 aliphatic carbocycles. The van der Waals surface area contributed by atoms with Crippen LogP contribution in [0.15, 0.2) is 178 Å². The van der Waals surface area contributed by atoms with Gasteiger partial charge < -0.3 is 16.0 Å². The molecule has 4 heteroatoms. The lowest BCUT2D eigenvalue weighted by Gasteiger charge is -2.31. The number of benzene rings is 2. The first-order valence-electron chi connectivity index (χ1n) is 21.2. The fourth-order valence-electron chi connectivity index (χ4n) is 9.21. The highest BCUT2D eigenvalue weighted by Gasteiger charge is 2.32. The first kappa shape index (κ1) is 37.6. The zero-order valence-electron chi connectivity index (χ0n) is 33.3. The second kappa shape index (κ2) is 17.6. The van der Waals surface area contributed by atoms with Crippen molar-refractivity contribution in [2.24, 2.45) is 28.5 Å². The Morgan fingerprint density at radius 3 is 2.66 bits per heavy atom.